The average Bonchev–Trinajstić information content (AvgIpc) is 3.07. The summed E-state index contributed by atoms with van der Waals surface area (Å²) in [6.07, 6.45) is 0. The van der Waals surface area contributed by atoms with Crippen LogP contribution in [0.1, 0.15) is 0 Å². The lowest BCUT2D eigenvalue weighted by Crippen LogP contribution is -2.37. The number of hydrogen-bond acceptors (Lipinski definition) is 5. The van der Waals surface area contributed by atoms with Crippen LogP contribution >= 0.6 is 0 Å². The Morgan fingerprint density at radius 2 is 1.75 bits per heavy atom. The number of carbonyl (C=O) groups is 2. The molecule has 1 fully saturated rings. The van der Waals surface area contributed by atoms with Crippen LogP contribution in [0.4, 0.5) is 16.2 Å². The van der Waals surface area contributed by atoms with E-state index in [1.54, 1.807) is 68.7 Å². The van der Waals surface area contributed by atoms with Crippen LogP contribution in [-0.2, 0) is 4.79 Å². The van der Waals surface area contributed by atoms with Gasteiger partial charge in [-0.15, -0.1) is 0 Å². The Morgan fingerprint density at radius 3 is 2.46 bits per heavy atom. The van der Waals surface area contributed by atoms with Crippen LogP contribution in [0, 0.1) is 0 Å². The van der Waals surface area contributed by atoms with E-state index in [9.17, 15) is 9.59 Å². The summed E-state index contributed by atoms with van der Waals surface area (Å²) in [4.78, 5) is 28.3. The Bertz CT molecular complexity index is 871. The molecule has 0 aliphatic carbocycles. The number of carbonyl (C=O) groups excluding carboxylic acids is 2. The summed E-state index contributed by atoms with van der Waals surface area (Å²) >= 11 is 0. The van der Waals surface area contributed by atoms with Crippen molar-refractivity contribution < 1.29 is 23.8 Å². The Kier molecular flexibility index (Phi) is 5.88. The first-order valence-corrected chi connectivity index (χ1v) is 8.78. The zero-order chi connectivity index (χ0) is 20.1. The van der Waals surface area contributed by atoms with Crippen LogP contribution in [0.3, 0.4) is 0 Å². The Balaban J connectivity index is 1.68. The summed E-state index contributed by atoms with van der Waals surface area (Å²) in [6.45, 7) is 0.846. The van der Waals surface area contributed by atoms with Crippen molar-refractivity contribution >= 4 is 23.3 Å². The molecule has 8 heteroatoms. The third-order valence-electron chi connectivity index (χ3n) is 4.46. The van der Waals surface area contributed by atoms with Gasteiger partial charge < -0.3 is 24.4 Å². The molecule has 2 aromatic rings. The van der Waals surface area contributed by atoms with Gasteiger partial charge in [0.2, 0.25) is 5.91 Å². The van der Waals surface area contributed by atoms with Gasteiger partial charge in [-0.25, -0.2) is 4.79 Å². The molecule has 1 heterocycles. The van der Waals surface area contributed by atoms with Gasteiger partial charge in [-0.1, -0.05) is 6.07 Å². The fourth-order valence-corrected chi connectivity index (χ4v) is 3.04. The summed E-state index contributed by atoms with van der Waals surface area (Å²) in [5.41, 5.74) is 1.23. The van der Waals surface area contributed by atoms with Crippen molar-refractivity contribution in [2.45, 2.75) is 0 Å². The van der Waals surface area contributed by atoms with E-state index in [4.69, 9.17) is 14.2 Å². The number of ether oxygens (including phenoxy) is 3. The predicted molar refractivity (Wildman–Crippen MR) is 105 cm³/mol. The van der Waals surface area contributed by atoms with Gasteiger partial charge in [0.1, 0.15) is 23.8 Å². The molecule has 148 valence electrons. The predicted octanol–water partition coefficient (Wildman–Crippen LogP) is 2.59. The molecule has 0 saturated carbocycles. The van der Waals surface area contributed by atoms with Crippen molar-refractivity contribution in [2.24, 2.45) is 0 Å². The van der Waals surface area contributed by atoms with E-state index in [1.807, 2.05) is 0 Å². The quantitative estimate of drug-likeness (QED) is 0.792. The molecule has 3 rings (SSSR count). The van der Waals surface area contributed by atoms with Crippen LogP contribution in [0.2, 0.25) is 0 Å². The van der Waals surface area contributed by atoms with E-state index in [0.29, 0.717) is 41.7 Å². The monoisotopic (exact) mass is 385 g/mol. The van der Waals surface area contributed by atoms with Gasteiger partial charge in [0.15, 0.2) is 0 Å². The van der Waals surface area contributed by atoms with Crippen LogP contribution in [0.15, 0.2) is 42.5 Å². The highest BCUT2D eigenvalue weighted by Gasteiger charge is 2.32. The number of methoxy groups -OCH3 is 3. The second-order valence-electron chi connectivity index (χ2n) is 6.17. The lowest BCUT2D eigenvalue weighted by molar-refractivity contribution is -0.116. The standard InChI is InChI=1S/C20H23N3O5/c1-26-15-6-4-5-14(11-15)21-19(24)13-22-9-10-23(20(22)25)17-12-16(27-2)7-8-18(17)28-3/h4-8,11-12H,9-10,13H2,1-3H3,(H,21,24). The SMILES string of the molecule is COc1cccc(NC(=O)CN2CCN(c3cc(OC)ccc3OC)C2=O)c1. The maximum Gasteiger partial charge on any atom is 0.325 e. The number of benzene rings is 2. The zero-order valence-electron chi connectivity index (χ0n) is 16.1. The largest absolute Gasteiger partial charge is 0.497 e. The Labute approximate surface area is 163 Å². The second-order valence-corrected chi connectivity index (χ2v) is 6.17. The third-order valence-corrected chi connectivity index (χ3v) is 4.46. The Hall–Kier alpha value is -3.42. The van der Waals surface area contributed by atoms with E-state index in [1.165, 1.54) is 4.90 Å². The first kappa shape index (κ1) is 19.3. The fourth-order valence-electron chi connectivity index (χ4n) is 3.04. The van der Waals surface area contributed by atoms with Crippen molar-refractivity contribution in [3.8, 4) is 17.2 Å². The smallest absolute Gasteiger partial charge is 0.325 e. The van der Waals surface area contributed by atoms with E-state index >= 15 is 0 Å². The van der Waals surface area contributed by atoms with Crippen molar-refractivity contribution in [2.75, 3.05) is 51.2 Å². The van der Waals surface area contributed by atoms with E-state index in [0.717, 1.165) is 0 Å². The van der Waals surface area contributed by atoms with Gasteiger partial charge in [0.25, 0.3) is 0 Å². The summed E-state index contributed by atoms with van der Waals surface area (Å²) < 4.78 is 15.8. The minimum Gasteiger partial charge on any atom is -0.497 e. The van der Waals surface area contributed by atoms with Crippen molar-refractivity contribution in [3.63, 3.8) is 0 Å². The highest BCUT2D eigenvalue weighted by molar-refractivity contribution is 6.00. The van der Waals surface area contributed by atoms with Crippen molar-refractivity contribution in [3.05, 3.63) is 42.5 Å². The highest BCUT2D eigenvalue weighted by Crippen LogP contribution is 2.34. The number of anilines is 2. The summed E-state index contributed by atoms with van der Waals surface area (Å²) in [5, 5.41) is 2.78. The lowest BCUT2D eigenvalue weighted by atomic mass is 10.2. The summed E-state index contributed by atoms with van der Waals surface area (Å²) in [5.74, 6) is 1.56. The van der Waals surface area contributed by atoms with Crippen LogP contribution in [0.25, 0.3) is 0 Å². The minimum atomic E-state index is -0.277. The number of hydrogen-bond donors (Lipinski definition) is 1. The average molecular weight is 385 g/mol. The van der Waals surface area contributed by atoms with Gasteiger partial charge in [0, 0.05) is 30.9 Å². The van der Waals surface area contributed by atoms with Crippen molar-refractivity contribution in [1.82, 2.24) is 4.90 Å². The first-order chi connectivity index (χ1) is 13.5. The molecule has 8 nitrogen and oxygen atoms in total. The number of urea groups is 1. The maximum absolute atomic E-state index is 12.8. The van der Waals surface area contributed by atoms with Gasteiger partial charge in [0.05, 0.1) is 27.0 Å². The molecule has 0 aromatic heterocycles. The number of nitrogens with zero attached hydrogens (tertiary/aromatic N) is 2. The van der Waals surface area contributed by atoms with Gasteiger partial charge in [-0.2, -0.15) is 0 Å². The van der Waals surface area contributed by atoms with Crippen LogP contribution in [-0.4, -0.2) is 57.8 Å². The molecule has 0 unspecified atom stereocenters. The summed E-state index contributed by atoms with van der Waals surface area (Å²) in [6, 6.07) is 12.1. The third kappa shape index (κ3) is 4.11. The topological polar surface area (TPSA) is 80.3 Å². The Morgan fingerprint density at radius 1 is 1.00 bits per heavy atom. The molecule has 1 aliphatic heterocycles. The van der Waals surface area contributed by atoms with Gasteiger partial charge in [-0.3, -0.25) is 9.69 Å². The number of amides is 3. The maximum atomic E-state index is 12.8. The fraction of sp³-hybridized carbons (Fsp3) is 0.300. The van der Waals surface area contributed by atoms with E-state index < -0.39 is 0 Å². The molecule has 0 spiro atoms. The highest BCUT2D eigenvalue weighted by atomic mass is 16.5. The molecule has 1 saturated heterocycles. The molecular weight excluding hydrogens is 362 g/mol. The van der Waals surface area contributed by atoms with E-state index in [-0.39, 0.29) is 18.5 Å². The summed E-state index contributed by atoms with van der Waals surface area (Å²) in [7, 11) is 4.67. The number of nitrogens with one attached hydrogen (secondary N) is 1. The minimum absolute atomic E-state index is 0.0428. The molecular formula is C20H23N3O5. The molecule has 0 atom stereocenters. The molecule has 2 aromatic carbocycles. The normalized spacial score (nSPS) is 13.5. The van der Waals surface area contributed by atoms with Crippen LogP contribution < -0.4 is 24.4 Å². The van der Waals surface area contributed by atoms with E-state index in [2.05, 4.69) is 5.32 Å². The number of rotatable bonds is 7. The molecule has 0 bridgehead atoms. The van der Waals surface area contributed by atoms with Crippen LogP contribution in [0.5, 0.6) is 17.2 Å². The van der Waals surface area contributed by atoms with Crippen molar-refractivity contribution in [1.29, 1.82) is 0 Å². The lowest BCUT2D eigenvalue weighted by Gasteiger charge is -2.21. The molecule has 28 heavy (non-hydrogen) atoms. The molecule has 1 N–H and O–H groups in total. The first-order valence-electron chi connectivity index (χ1n) is 8.78. The molecule has 1 aliphatic rings. The van der Waals surface area contributed by atoms with Gasteiger partial charge >= 0.3 is 6.03 Å². The second kappa shape index (κ2) is 8.51. The van der Waals surface area contributed by atoms with Gasteiger partial charge in [-0.05, 0) is 24.3 Å². The molecule has 3 amide bonds. The molecule has 0 radical (unpaired) electrons. The zero-order valence-corrected chi connectivity index (χ0v) is 16.1.